The van der Waals surface area contributed by atoms with E-state index in [-0.39, 0.29) is 11.2 Å². The number of aryl methyl sites for hydroxylation is 1. The summed E-state index contributed by atoms with van der Waals surface area (Å²) in [4.78, 5) is 4.47. The maximum Gasteiger partial charge on any atom is 0.185 e. The molecule has 0 saturated carbocycles. The first-order valence-electron chi connectivity index (χ1n) is 8.35. The molecule has 0 bridgehead atoms. The van der Waals surface area contributed by atoms with Crippen LogP contribution in [0, 0.1) is 5.82 Å². The van der Waals surface area contributed by atoms with Crippen LogP contribution in [-0.4, -0.2) is 20.4 Å². The van der Waals surface area contributed by atoms with Gasteiger partial charge in [-0.2, -0.15) is 5.10 Å². The minimum absolute atomic E-state index is 0.227. The van der Waals surface area contributed by atoms with Gasteiger partial charge >= 0.3 is 0 Å². The minimum Gasteiger partial charge on any atom is -0.488 e. The van der Waals surface area contributed by atoms with Crippen molar-refractivity contribution >= 4 is 11.6 Å². The molecule has 0 unspecified atom stereocenters. The van der Waals surface area contributed by atoms with Crippen molar-refractivity contribution < 1.29 is 9.13 Å². The maximum atomic E-state index is 14.1. The second-order valence-corrected chi connectivity index (χ2v) is 7.51. The first kappa shape index (κ1) is 18.4. The van der Waals surface area contributed by atoms with Gasteiger partial charge in [-0.1, -0.05) is 29.8 Å². The fourth-order valence-corrected chi connectivity index (χ4v) is 2.85. The Balaban J connectivity index is 1.82. The molecule has 3 aromatic rings. The van der Waals surface area contributed by atoms with E-state index in [1.165, 1.54) is 6.07 Å². The Morgan fingerprint density at radius 3 is 2.42 bits per heavy atom. The zero-order chi connectivity index (χ0) is 18.9. The van der Waals surface area contributed by atoms with Gasteiger partial charge in [-0.25, -0.2) is 9.37 Å². The van der Waals surface area contributed by atoms with Gasteiger partial charge in [0.2, 0.25) is 0 Å². The fraction of sp³-hybridized carbons (Fsp3) is 0.300. The van der Waals surface area contributed by atoms with Crippen LogP contribution >= 0.6 is 11.6 Å². The van der Waals surface area contributed by atoms with E-state index in [2.05, 4.69) is 10.1 Å². The topological polar surface area (TPSA) is 39.9 Å². The number of aromatic nitrogens is 3. The molecule has 0 radical (unpaired) electrons. The molecule has 1 aromatic heterocycles. The van der Waals surface area contributed by atoms with Crippen molar-refractivity contribution in [1.82, 2.24) is 14.8 Å². The van der Waals surface area contributed by atoms with Crippen molar-refractivity contribution in [3.63, 3.8) is 0 Å². The highest BCUT2D eigenvalue weighted by molar-refractivity contribution is 6.33. The highest BCUT2D eigenvalue weighted by Gasteiger charge is 2.17. The number of hydrogen-bond donors (Lipinski definition) is 0. The molecule has 0 N–H and O–H groups in total. The zero-order valence-electron chi connectivity index (χ0n) is 15.3. The lowest BCUT2D eigenvalue weighted by Crippen LogP contribution is -2.22. The van der Waals surface area contributed by atoms with E-state index in [0.717, 1.165) is 17.1 Å². The number of benzene rings is 2. The monoisotopic (exact) mass is 373 g/mol. The van der Waals surface area contributed by atoms with Gasteiger partial charge in [-0.15, -0.1) is 0 Å². The number of nitrogens with zero attached hydrogens (tertiary/aromatic N) is 3. The Kier molecular flexibility index (Phi) is 5.01. The minimum atomic E-state index is -0.432. The normalized spacial score (nSPS) is 11.6. The molecular weight excluding hydrogens is 353 g/mol. The number of rotatable bonds is 4. The number of ether oxygens (including phenoxy) is 1. The summed E-state index contributed by atoms with van der Waals surface area (Å²) >= 11 is 6.11. The van der Waals surface area contributed by atoms with Crippen molar-refractivity contribution in [2.45, 2.75) is 32.8 Å². The third kappa shape index (κ3) is 4.22. The fourth-order valence-electron chi connectivity index (χ4n) is 2.60. The van der Waals surface area contributed by atoms with Crippen LogP contribution in [0.15, 0.2) is 42.5 Å². The molecule has 0 spiro atoms. The summed E-state index contributed by atoms with van der Waals surface area (Å²) in [6, 6.07) is 12.4. The Morgan fingerprint density at radius 1 is 1.12 bits per heavy atom. The van der Waals surface area contributed by atoms with Crippen LogP contribution in [0.4, 0.5) is 4.39 Å². The lowest BCUT2D eigenvalue weighted by Gasteiger charge is -2.21. The summed E-state index contributed by atoms with van der Waals surface area (Å²) in [5.74, 6) is 1.40. The van der Waals surface area contributed by atoms with E-state index in [0.29, 0.717) is 17.3 Å². The lowest BCUT2D eigenvalue weighted by molar-refractivity contribution is 0.131. The Morgan fingerprint density at radius 2 is 1.81 bits per heavy atom. The van der Waals surface area contributed by atoms with Crippen LogP contribution in [0.1, 0.15) is 32.2 Å². The largest absolute Gasteiger partial charge is 0.488 e. The second kappa shape index (κ2) is 7.08. The van der Waals surface area contributed by atoms with Crippen LogP contribution < -0.4 is 4.74 Å². The van der Waals surface area contributed by atoms with E-state index < -0.39 is 5.82 Å². The average Bonchev–Trinajstić information content (AvgIpc) is 2.88. The average molecular weight is 374 g/mol. The predicted octanol–water partition coefficient (Wildman–Crippen LogP) is 5.04. The van der Waals surface area contributed by atoms with E-state index in [1.807, 2.05) is 45.0 Å². The zero-order valence-corrected chi connectivity index (χ0v) is 16.0. The molecule has 1 heterocycles. The Bertz CT molecular complexity index is 894. The van der Waals surface area contributed by atoms with Crippen molar-refractivity contribution in [2.75, 3.05) is 0 Å². The standard InChI is InChI=1S/C20H21ClFN3O/c1-20(2,3)26-14-10-8-13(9-11-14)12-17-23-19(24-25(17)4)18-15(21)6-5-7-16(18)22/h5-11H,12H2,1-4H3. The molecule has 2 aromatic carbocycles. The highest BCUT2D eigenvalue weighted by atomic mass is 35.5. The molecular formula is C20H21ClFN3O. The molecule has 0 amide bonds. The van der Waals surface area contributed by atoms with Gasteiger partial charge < -0.3 is 4.74 Å². The SMILES string of the molecule is Cn1nc(-c2c(F)cccc2Cl)nc1Cc1ccc(OC(C)(C)C)cc1. The van der Waals surface area contributed by atoms with Gasteiger partial charge in [0.1, 0.15) is 23.0 Å². The molecule has 26 heavy (non-hydrogen) atoms. The maximum absolute atomic E-state index is 14.1. The molecule has 6 heteroatoms. The van der Waals surface area contributed by atoms with Gasteiger partial charge in [0.25, 0.3) is 0 Å². The first-order valence-corrected chi connectivity index (χ1v) is 8.73. The molecule has 4 nitrogen and oxygen atoms in total. The van der Waals surface area contributed by atoms with E-state index in [1.54, 1.807) is 23.9 Å². The summed E-state index contributed by atoms with van der Waals surface area (Å²) in [7, 11) is 1.79. The summed E-state index contributed by atoms with van der Waals surface area (Å²) in [6.07, 6.45) is 0.575. The number of halogens is 2. The molecule has 0 aliphatic carbocycles. The van der Waals surface area contributed by atoms with Crippen molar-refractivity contribution in [1.29, 1.82) is 0 Å². The van der Waals surface area contributed by atoms with Crippen LogP contribution in [0.2, 0.25) is 5.02 Å². The summed E-state index contributed by atoms with van der Waals surface area (Å²) in [5.41, 5.74) is 1.05. The summed E-state index contributed by atoms with van der Waals surface area (Å²) in [6.45, 7) is 6.03. The van der Waals surface area contributed by atoms with Gasteiger partial charge in [-0.3, -0.25) is 4.68 Å². The third-order valence-electron chi connectivity index (χ3n) is 3.75. The summed E-state index contributed by atoms with van der Waals surface area (Å²) in [5, 5.41) is 4.62. The molecule has 0 atom stereocenters. The predicted molar refractivity (Wildman–Crippen MR) is 101 cm³/mol. The van der Waals surface area contributed by atoms with Crippen molar-refractivity contribution in [3.05, 3.63) is 64.7 Å². The van der Waals surface area contributed by atoms with Crippen LogP contribution in [0.5, 0.6) is 5.75 Å². The van der Waals surface area contributed by atoms with E-state index in [4.69, 9.17) is 16.3 Å². The lowest BCUT2D eigenvalue weighted by atomic mass is 10.1. The van der Waals surface area contributed by atoms with Gasteiger partial charge in [-0.05, 0) is 50.6 Å². The van der Waals surface area contributed by atoms with Crippen LogP contribution in [0.25, 0.3) is 11.4 Å². The smallest absolute Gasteiger partial charge is 0.185 e. The molecule has 0 aliphatic rings. The number of hydrogen-bond acceptors (Lipinski definition) is 3. The second-order valence-electron chi connectivity index (χ2n) is 7.11. The van der Waals surface area contributed by atoms with Crippen LogP contribution in [-0.2, 0) is 13.5 Å². The highest BCUT2D eigenvalue weighted by Crippen LogP contribution is 2.28. The van der Waals surface area contributed by atoms with Gasteiger partial charge in [0.05, 0.1) is 10.6 Å². The molecule has 136 valence electrons. The third-order valence-corrected chi connectivity index (χ3v) is 4.06. The molecule has 0 fully saturated rings. The van der Waals surface area contributed by atoms with Crippen molar-refractivity contribution in [2.24, 2.45) is 7.05 Å². The van der Waals surface area contributed by atoms with Crippen LogP contribution in [0.3, 0.4) is 0 Å². The molecule has 3 rings (SSSR count). The van der Waals surface area contributed by atoms with E-state index >= 15 is 0 Å². The summed E-state index contributed by atoms with van der Waals surface area (Å²) < 4.78 is 21.6. The van der Waals surface area contributed by atoms with Crippen molar-refractivity contribution in [3.8, 4) is 17.1 Å². The Hall–Kier alpha value is -2.40. The first-order chi connectivity index (χ1) is 12.2. The van der Waals surface area contributed by atoms with E-state index in [9.17, 15) is 4.39 Å². The molecule has 0 saturated heterocycles. The quantitative estimate of drug-likeness (QED) is 0.643. The molecule has 0 aliphatic heterocycles. The van der Waals surface area contributed by atoms with Gasteiger partial charge in [0.15, 0.2) is 5.82 Å². The Labute approximate surface area is 157 Å². The van der Waals surface area contributed by atoms with Gasteiger partial charge in [0, 0.05) is 13.5 Å².